The van der Waals surface area contributed by atoms with Gasteiger partial charge in [-0.1, -0.05) is 19.8 Å². The van der Waals surface area contributed by atoms with Crippen molar-refractivity contribution in [2.45, 2.75) is 51.5 Å². The lowest BCUT2D eigenvalue weighted by Gasteiger charge is -2.31. The van der Waals surface area contributed by atoms with Crippen molar-refractivity contribution in [3.8, 4) is 0 Å². The fraction of sp³-hybridized carbons (Fsp3) is 0.867. The minimum atomic E-state index is -0.0144. The van der Waals surface area contributed by atoms with Gasteiger partial charge in [-0.2, -0.15) is 0 Å². The molecular formula is C15H28ClN3O2. The molecule has 0 aromatic carbocycles. The zero-order valence-electron chi connectivity index (χ0n) is 12.9. The Bertz CT molecular complexity index is 352. The third-order valence-electron chi connectivity index (χ3n) is 4.43. The number of carbonyl (C=O) groups excluding carboxylic acids is 2. The molecule has 0 bridgehead atoms. The number of hydrogen-bond acceptors (Lipinski definition) is 3. The van der Waals surface area contributed by atoms with Gasteiger partial charge in [-0.25, -0.2) is 0 Å². The maximum Gasteiger partial charge on any atom is 0.239 e. The Morgan fingerprint density at radius 1 is 1.33 bits per heavy atom. The van der Waals surface area contributed by atoms with Crippen LogP contribution >= 0.6 is 12.4 Å². The van der Waals surface area contributed by atoms with Gasteiger partial charge in [0.2, 0.25) is 11.8 Å². The van der Waals surface area contributed by atoms with E-state index in [-0.39, 0.29) is 36.8 Å². The maximum absolute atomic E-state index is 12.1. The predicted molar refractivity (Wildman–Crippen MR) is 85.5 cm³/mol. The number of rotatable bonds is 3. The van der Waals surface area contributed by atoms with Gasteiger partial charge in [-0.3, -0.25) is 9.59 Å². The van der Waals surface area contributed by atoms with Crippen LogP contribution in [-0.4, -0.2) is 48.9 Å². The van der Waals surface area contributed by atoms with E-state index in [1.54, 1.807) is 4.90 Å². The van der Waals surface area contributed by atoms with Crippen LogP contribution in [-0.2, 0) is 9.59 Å². The van der Waals surface area contributed by atoms with Gasteiger partial charge >= 0.3 is 0 Å². The molecule has 21 heavy (non-hydrogen) atoms. The van der Waals surface area contributed by atoms with Crippen molar-refractivity contribution in [2.75, 3.05) is 26.2 Å². The molecule has 0 aliphatic carbocycles. The van der Waals surface area contributed by atoms with Crippen molar-refractivity contribution in [2.24, 2.45) is 5.92 Å². The van der Waals surface area contributed by atoms with Crippen LogP contribution in [0.2, 0.25) is 0 Å². The number of likely N-dealkylation sites (tertiary alicyclic amines) is 1. The highest BCUT2D eigenvalue weighted by Gasteiger charge is 2.24. The summed E-state index contributed by atoms with van der Waals surface area (Å²) in [7, 11) is 0. The van der Waals surface area contributed by atoms with Crippen molar-refractivity contribution in [3.05, 3.63) is 0 Å². The molecule has 0 radical (unpaired) electrons. The molecular weight excluding hydrogens is 290 g/mol. The Kier molecular flexibility index (Phi) is 8.04. The smallest absolute Gasteiger partial charge is 0.239 e. The summed E-state index contributed by atoms with van der Waals surface area (Å²) >= 11 is 0. The largest absolute Gasteiger partial charge is 0.350 e. The molecule has 122 valence electrons. The van der Waals surface area contributed by atoms with Gasteiger partial charge in [0.05, 0.1) is 6.54 Å². The molecule has 2 fully saturated rings. The topological polar surface area (TPSA) is 61.4 Å². The monoisotopic (exact) mass is 317 g/mol. The number of piperidine rings is 1. The molecule has 2 N–H and O–H groups in total. The fourth-order valence-electron chi connectivity index (χ4n) is 2.99. The number of nitrogens with one attached hydrogen (secondary N) is 2. The van der Waals surface area contributed by atoms with Crippen molar-refractivity contribution in [3.63, 3.8) is 0 Å². The Morgan fingerprint density at radius 3 is 2.86 bits per heavy atom. The van der Waals surface area contributed by atoms with Crippen LogP contribution in [0.15, 0.2) is 0 Å². The second-order valence-electron chi connectivity index (χ2n) is 6.12. The summed E-state index contributed by atoms with van der Waals surface area (Å²) in [5.41, 5.74) is 0. The van der Waals surface area contributed by atoms with Crippen LogP contribution in [0.3, 0.4) is 0 Å². The van der Waals surface area contributed by atoms with E-state index in [1.807, 2.05) is 0 Å². The molecule has 2 heterocycles. The van der Waals surface area contributed by atoms with E-state index >= 15 is 0 Å². The highest BCUT2D eigenvalue weighted by atomic mass is 35.5. The first-order chi connectivity index (χ1) is 9.66. The maximum atomic E-state index is 12.1. The molecule has 2 aliphatic heterocycles. The highest BCUT2D eigenvalue weighted by molar-refractivity contribution is 5.85. The Balaban J connectivity index is 0.00000220. The second kappa shape index (κ2) is 9.26. The van der Waals surface area contributed by atoms with E-state index in [9.17, 15) is 9.59 Å². The van der Waals surface area contributed by atoms with Crippen LogP contribution < -0.4 is 10.6 Å². The van der Waals surface area contributed by atoms with Crippen LogP contribution in [0.4, 0.5) is 0 Å². The zero-order chi connectivity index (χ0) is 14.4. The third kappa shape index (κ3) is 5.83. The van der Waals surface area contributed by atoms with E-state index < -0.39 is 0 Å². The van der Waals surface area contributed by atoms with Crippen molar-refractivity contribution in [1.29, 1.82) is 0 Å². The molecule has 2 amide bonds. The van der Waals surface area contributed by atoms with Gasteiger partial charge in [0.25, 0.3) is 0 Å². The molecule has 6 heteroatoms. The summed E-state index contributed by atoms with van der Waals surface area (Å²) < 4.78 is 0. The van der Waals surface area contributed by atoms with Gasteiger partial charge in [-0.15, -0.1) is 12.4 Å². The summed E-state index contributed by atoms with van der Waals surface area (Å²) in [6.45, 7) is 4.98. The Labute approximate surface area is 133 Å². The zero-order valence-corrected chi connectivity index (χ0v) is 13.7. The number of nitrogens with zero attached hydrogens (tertiary/aromatic N) is 1. The molecule has 0 spiro atoms. The lowest BCUT2D eigenvalue weighted by molar-refractivity contribution is -0.137. The summed E-state index contributed by atoms with van der Waals surface area (Å²) in [6.07, 6.45) is 5.95. The Morgan fingerprint density at radius 2 is 2.10 bits per heavy atom. The van der Waals surface area contributed by atoms with Crippen LogP contribution in [0, 0.1) is 5.92 Å². The summed E-state index contributed by atoms with van der Waals surface area (Å²) in [6, 6.07) is 0.195. The van der Waals surface area contributed by atoms with E-state index in [1.165, 1.54) is 0 Å². The lowest BCUT2D eigenvalue weighted by Crippen LogP contribution is -2.52. The van der Waals surface area contributed by atoms with Crippen LogP contribution in [0.5, 0.6) is 0 Å². The number of amides is 2. The number of carbonyl (C=O) groups is 2. The first-order valence-electron chi connectivity index (χ1n) is 7.94. The molecule has 2 aliphatic rings. The molecule has 2 saturated heterocycles. The molecule has 2 rings (SSSR count). The first-order valence-corrected chi connectivity index (χ1v) is 7.94. The SMILES string of the molecule is CC1CCNCC1NC(=O)CN1CCCCCCC1=O.Cl. The average molecular weight is 318 g/mol. The van der Waals surface area contributed by atoms with Gasteiger partial charge in [0.15, 0.2) is 0 Å². The number of halogens is 1. The van der Waals surface area contributed by atoms with E-state index in [2.05, 4.69) is 17.6 Å². The quantitative estimate of drug-likeness (QED) is 0.825. The summed E-state index contributed by atoms with van der Waals surface area (Å²) in [5, 5.41) is 6.38. The standard InChI is InChI=1S/C15H27N3O2.ClH/c1-12-7-8-16-10-13(12)17-14(19)11-18-9-5-3-2-4-6-15(18)20;/h12-13,16H,2-11H2,1H3,(H,17,19);1H. The molecule has 0 aromatic heterocycles. The minimum Gasteiger partial charge on any atom is -0.350 e. The fourth-order valence-corrected chi connectivity index (χ4v) is 2.99. The lowest BCUT2D eigenvalue weighted by atomic mass is 9.95. The van der Waals surface area contributed by atoms with Gasteiger partial charge in [-0.05, 0) is 31.7 Å². The predicted octanol–water partition coefficient (Wildman–Crippen LogP) is 1.32. The van der Waals surface area contributed by atoms with Crippen LogP contribution in [0.25, 0.3) is 0 Å². The van der Waals surface area contributed by atoms with Crippen molar-refractivity contribution in [1.82, 2.24) is 15.5 Å². The Hall–Kier alpha value is -0.810. The van der Waals surface area contributed by atoms with Crippen LogP contribution in [0.1, 0.15) is 45.4 Å². The van der Waals surface area contributed by atoms with Gasteiger partial charge in [0, 0.05) is 25.6 Å². The summed E-state index contributed by atoms with van der Waals surface area (Å²) in [4.78, 5) is 25.9. The van der Waals surface area contributed by atoms with E-state index in [4.69, 9.17) is 0 Å². The van der Waals surface area contributed by atoms with Gasteiger partial charge < -0.3 is 15.5 Å². The molecule has 5 nitrogen and oxygen atoms in total. The average Bonchev–Trinajstić information content (AvgIpc) is 2.41. The van der Waals surface area contributed by atoms with Crippen molar-refractivity contribution >= 4 is 24.2 Å². The molecule has 0 aromatic rings. The number of hydrogen-bond donors (Lipinski definition) is 2. The molecule has 2 unspecified atom stereocenters. The summed E-state index contributed by atoms with van der Waals surface area (Å²) in [5.74, 6) is 0.623. The first kappa shape index (κ1) is 18.2. The van der Waals surface area contributed by atoms with Crippen molar-refractivity contribution < 1.29 is 9.59 Å². The van der Waals surface area contributed by atoms with Gasteiger partial charge in [0.1, 0.15) is 0 Å². The van der Waals surface area contributed by atoms with E-state index in [0.717, 1.165) is 51.7 Å². The molecule has 2 atom stereocenters. The van der Waals surface area contributed by atoms with E-state index in [0.29, 0.717) is 12.3 Å². The normalized spacial score (nSPS) is 27.3. The second-order valence-corrected chi connectivity index (χ2v) is 6.12. The minimum absolute atomic E-state index is 0. The highest BCUT2D eigenvalue weighted by Crippen LogP contribution is 2.13. The third-order valence-corrected chi connectivity index (χ3v) is 4.43. The molecule has 0 saturated carbocycles.